The molecule has 3 N–H and O–H groups in total. The van der Waals surface area contributed by atoms with Gasteiger partial charge in [0.2, 0.25) is 0 Å². The van der Waals surface area contributed by atoms with Crippen molar-refractivity contribution in [1.82, 2.24) is 0 Å². The van der Waals surface area contributed by atoms with Gasteiger partial charge in [0, 0.05) is 0 Å². The summed E-state index contributed by atoms with van der Waals surface area (Å²) in [6, 6.07) is -1.15. The molecule has 0 aromatic carbocycles. The van der Waals surface area contributed by atoms with Crippen molar-refractivity contribution in [2.45, 2.75) is 19.1 Å². The molecule has 0 aromatic rings. The van der Waals surface area contributed by atoms with Crippen molar-refractivity contribution >= 4 is 5.97 Å². The lowest BCUT2D eigenvalue weighted by molar-refractivity contribution is -0.757. The number of aliphatic hydroxyl groups excluding tert-OH is 1. The van der Waals surface area contributed by atoms with Gasteiger partial charge in [-0.1, -0.05) is 0 Å². The molecule has 0 fully saturated rings. The molecule has 0 amide bonds. The highest BCUT2D eigenvalue weighted by Crippen LogP contribution is 1.92. The molecule has 8 heteroatoms. The number of aliphatic hydroxyl groups is 1. The van der Waals surface area contributed by atoms with Gasteiger partial charge in [-0.15, -0.1) is 10.1 Å². The van der Waals surface area contributed by atoms with E-state index < -0.39 is 23.2 Å². The molecule has 0 radical (unpaired) electrons. The smallest absolute Gasteiger partial charge is 0.325 e. The Hall–Kier alpha value is -1.41. The number of carbonyl (C=O) groups is 1. The zero-order chi connectivity index (χ0) is 11.1. The second kappa shape index (κ2) is 6.11. The fourth-order valence-corrected chi connectivity index (χ4v) is 0.547. The van der Waals surface area contributed by atoms with Crippen LogP contribution in [0.4, 0.5) is 0 Å². The van der Waals surface area contributed by atoms with Crippen LogP contribution in [0.5, 0.6) is 0 Å². The molecule has 8 nitrogen and oxygen atoms in total. The summed E-state index contributed by atoms with van der Waals surface area (Å²) in [5.41, 5.74) is 5.20. The molecule has 82 valence electrons. The number of nitrogens with two attached hydrogens (primary N) is 1. The van der Waals surface area contributed by atoms with Gasteiger partial charge in [-0.05, 0) is 6.92 Å². The van der Waals surface area contributed by atoms with E-state index in [9.17, 15) is 14.9 Å². The predicted octanol–water partition coefficient (Wildman–Crippen LogP) is -1.55. The van der Waals surface area contributed by atoms with Gasteiger partial charge in [-0.2, -0.15) is 0 Å². The summed E-state index contributed by atoms with van der Waals surface area (Å²) in [5, 5.41) is 17.5. The molecule has 2 atom stereocenters. The largest absolute Gasteiger partial charge is 0.462 e. The van der Waals surface area contributed by atoms with Gasteiger partial charge in [-0.25, -0.2) is 0 Å². The molecule has 0 bridgehead atoms. The molecule has 2 unspecified atom stereocenters. The Morgan fingerprint density at radius 3 is 2.64 bits per heavy atom. The summed E-state index contributed by atoms with van der Waals surface area (Å²) in [6.07, 6.45) is -1.03. The first-order chi connectivity index (χ1) is 6.45. The number of hydrogen-bond donors (Lipinski definition) is 2. The van der Waals surface area contributed by atoms with Crippen LogP contribution in [0.1, 0.15) is 6.92 Å². The van der Waals surface area contributed by atoms with Crippen molar-refractivity contribution in [1.29, 1.82) is 0 Å². The number of hydrogen-bond acceptors (Lipinski definition) is 7. The van der Waals surface area contributed by atoms with E-state index in [0.717, 1.165) is 0 Å². The zero-order valence-corrected chi connectivity index (χ0v) is 7.58. The van der Waals surface area contributed by atoms with Gasteiger partial charge in [0.15, 0.2) is 0 Å². The monoisotopic (exact) mass is 208 g/mol. The maximum Gasteiger partial charge on any atom is 0.325 e. The molecule has 0 aliphatic heterocycles. The summed E-state index contributed by atoms with van der Waals surface area (Å²) >= 11 is 0. The molecule has 0 rings (SSSR count). The first-order valence-corrected chi connectivity index (χ1v) is 3.82. The number of carbonyl (C=O) groups excluding carboxylic acids is 1. The summed E-state index contributed by atoms with van der Waals surface area (Å²) in [4.78, 5) is 24.4. The van der Waals surface area contributed by atoms with Crippen LogP contribution in [0.25, 0.3) is 0 Å². The molecule has 0 saturated heterocycles. The van der Waals surface area contributed by atoms with Crippen LogP contribution >= 0.6 is 0 Å². The number of esters is 1. The second-order valence-electron chi connectivity index (χ2n) is 2.49. The molecule has 0 aliphatic carbocycles. The van der Waals surface area contributed by atoms with Gasteiger partial charge >= 0.3 is 5.97 Å². The summed E-state index contributed by atoms with van der Waals surface area (Å²) in [7, 11) is 0. The van der Waals surface area contributed by atoms with Gasteiger partial charge in [0.1, 0.15) is 19.3 Å². The summed E-state index contributed by atoms with van der Waals surface area (Å²) in [6.45, 7) is 0.699. The lowest BCUT2D eigenvalue weighted by atomic mass is 10.2. The van der Waals surface area contributed by atoms with E-state index in [0.29, 0.717) is 0 Å². The highest BCUT2D eigenvalue weighted by atomic mass is 17.0. The van der Waals surface area contributed by atoms with Crippen molar-refractivity contribution in [2.24, 2.45) is 5.73 Å². The van der Waals surface area contributed by atoms with Crippen LogP contribution in [0.2, 0.25) is 0 Å². The van der Waals surface area contributed by atoms with Gasteiger partial charge in [-0.3, -0.25) is 4.79 Å². The highest BCUT2D eigenvalue weighted by molar-refractivity contribution is 5.76. The van der Waals surface area contributed by atoms with E-state index in [-0.39, 0.29) is 13.2 Å². The molecule has 0 heterocycles. The Balaban J connectivity index is 3.59. The van der Waals surface area contributed by atoms with Crippen LogP contribution in [0.3, 0.4) is 0 Å². The van der Waals surface area contributed by atoms with E-state index in [1.807, 2.05) is 0 Å². The maximum atomic E-state index is 10.9. The van der Waals surface area contributed by atoms with Gasteiger partial charge in [0.25, 0.3) is 5.09 Å². The minimum Gasteiger partial charge on any atom is -0.462 e. The van der Waals surface area contributed by atoms with Crippen LogP contribution in [-0.2, 0) is 14.4 Å². The lowest BCUT2D eigenvalue weighted by Crippen LogP contribution is -2.41. The first kappa shape index (κ1) is 12.6. The number of nitrogens with zero attached hydrogens (tertiary/aromatic N) is 1. The third-order valence-electron chi connectivity index (χ3n) is 1.32. The van der Waals surface area contributed by atoms with E-state index >= 15 is 0 Å². The minimum absolute atomic E-state index is 0.278. The van der Waals surface area contributed by atoms with Crippen molar-refractivity contribution < 1.29 is 24.6 Å². The average molecular weight is 208 g/mol. The SMILES string of the molecule is CC(O)C(N)C(=O)OCCO[N+](=O)[O-]. The normalized spacial score (nSPS) is 14.2. The van der Waals surface area contributed by atoms with Crippen LogP contribution in [0.15, 0.2) is 0 Å². The zero-order valence-electron chi connectivity index (χ0n) is 7.58. The Bertz CT molecular complexity index is 206. The summed E-state index contributed by atoms with van der Waals surface area (Å²) < 4.78 is 4.46. The van der Waals surface area contributed by atoms with Crippen molar-refractivity contribution in [3.8, 4) is 0 Å². The van der Waals surface area contributed by atoms with E-state index in [1.165, 1.54) is 6.92 Å². The fraction of sp³-hybridized carbons (Fsp3) is 0.833. The van der Waals surface area contributed by atoms with E-state index in [2.05, 4.69) is 9.57 Å². The quantitative estimate of drug-likeness (QED) is 0.234. The molecular weight excluding hydrogens is 196 g/mol. The summed E-state index contributed by atoms with van der Waals surface area (Å²) in [5.74, 6) is -0.827. The average Bonchev–Trinajstić information content (AvgIpc) is 2.10. The maximum absolute atomic E-state index is 10.9. The molecule has 0 aliphatic rings. The van der Waals surface area contributed by atoms with Crippen molar-refractivity contribution in [2.75, 3.05) is 13.2 Å². The number of ether oxygens (including phenoxy) is 1. The molecule has 0 aromatic heterocycles. The van der Waals surface area contributed by atoms with E-state index in [4.69, 9.17) is 10.8 Å². The highest BCUT2D eigenvalue weighted by Gasteiger charge is 2.19. The van der Waals surface area contributed by atoms with Gasteiger partial charge < -0.3 is 20.4 Å². The van der Waals surface area contributed by atoms with E-state index in [1.54, 1.807) is 0 Å². The third-order valence-corrected chi connectivity index (χ3v) is 1.32. The van der Waals surface area contributed by atoms with Crippen molar-refractivity contribution in [3.05, 3.63) is 10.1 Å². The Kier molecular flexibility index (Phi) is 5.49. The molecule has 14 heavy (non-hydrogen) atoms. The van der Waals surface area contributed by atoms with Crippen LogP contribution < -0.4 is 5.73 Å². The number of rotatable bonds is 6. The third kappa shape index (κ3) is 5.27. The minimum atomic E-state index is -1.15. The first-order valence-electron chi connectivity index (χ1n) is 3.82. The molecule has 0 spiro atoms. The molecular formula is C6H12N2O6. The second-order valence-corrected chi connectivity index (χ2v) is 2.49. The van der Waals surface area contributed by atoms with Gasteiger partial charge in [0.05, 0.1) is 6.10 Å². The Morgan fingerprint density at radius 2 is 2.21 bits per heavy atom. The van der Waals surface area contributed by atoms with Crippen LogP contribution in [-0.4, -0.2) is 41.5 Å². The topological polar surface area (TPSA) is 125 Å². The Morgan fingerprint density at radius 1 is 1.64 bits per heavy atom. The van der Waals surface area contributed by atoms with Crippen molar-refractivity contribution in [3.63, 3.8) is 0 Å². The standard InChI is InChI=1S/C6H12N2O6/c1-4(9)5(7)6(10)13-2-3-14-8(11)12/h4-5,9H,2-3,7H2,1H3. The predicted molar refractivity (Wildman–Crippen MR) is 43.6 cm³/mol. The molecule has 0 saturated carbocycles. The fourth-order valence-electron chi connectivity index (χ4n) is 0.547. The lowest BCUT2D eigenvalue weighted by Gasteiger charge is -2.13. The Labute approximate surface area is 79.7 Å². The van der Waals surface area contributed by atoms with Crippen LogP contribution in [0, 0.1) is 10.1 Å².